The summed E-state index contributed by atoms with van der Waals surface area (Å²) in [6, 6.07) is 17.3. The number of carbonyl (C=O) groups is 1. The third-order valence-corrected chi connectivity index (χ3v) is 6.03. The summed E-state index contributed by atoms with van der Waals surface area (Å²) in [5, 5.41) is 18.7. The molecule has 0 radical (unpaired) electrons. The Bertz CT molecular complexity index is 1530. The summed E-state index contributed by atoms with van der Waals surface area (Å²) in [5.74, 6) is 0.817. The predicted octanol–water partition coefficient (Wildman–Crippen LogP) is 3.38. The van der Waals surface area contributed by atoms with E-state index in [2.05, 4.69) is 25.4 Å². The van der Waals surface area contributed by atoms with E-state index in [-0.39, 0.29) is 19.1 Å². The second-order valence-corrected chi connectivity index (χ2v) is 8.64. The second kappa shape index (κ2) is 10.6. The van der Waals surface area contributed by atoms with Crippen molar-refractivity contribution in [3.05, 3.63) is 79.0 Å². The summed E-state index contributed by atoms with van der Waals surface area (Å²) >= 11 is 0. The first-order valence-electron chi connectivity index (χ1n) is 11.9. The first-order valence-corrected chi connectivity index (χ1v) is 11.9. The number of aliphatic hydroxyl groups is 1. The van der Waals surface area contributed by atoms with Gasteiger partial charge in [-0.15, -0.1) is 0 Å². The van der Waals surface area contributed by atoms with Gasteiger partial charge in [0.05, 0.1) is 41.5 Å². The topological polar surface area (TPSA) is 118 Å². The van der Waals surface area contributed by atoms with Crippen molar-refractivity contribution in [1.82, 2.24) is 29.6 Å². The summed E-state index contributed by atoms with van der Waals surface area (Å²) in [6.07, 6.45) is 4.33. The van der Waals surface area contributed by atoms with E-state index in [1.165, 1.54) is 11.2 Å². The van der Waals surface area contributed by atoms with Crippen molar-refractivity contribution >= 4 is 39.2 Å². The standard InChI is InChI=1S/C27H27N7O3/c1-18(27(36)33(2)12-13-35)37-24-8-5-7-22-25(24)26(30-17-29-22)32-20-9-10-23-19(14-20)15-31-34(23)16-21-6-3-4-11-28-21/h3-11,14-15,17-18,35H,12-13,16H2,1-2H3,(H,29,30,32). The van der Waals surface area contributed by atoms with Gasteiger partial charge in [0.1, 0.15) is 17.9 Å². The fourth-order valence-electron chi connectivity index (χ4n) is 4.16. The normalized spacial score (nSPS) is 12.0. The minimum Gasteiger partial charge on any atom is -0.480 e. The molecule has 1 atom stereocenters. The number of carbonyl (C=O) groups excluding carboxylic acids is 1. The number of aliphatic hydroxyl groups excluding tert-OH is 1. The number of benzene rings is 2. The van der Waals surface area contributed by atoms with Gasteiger partial charge in [-0.1, -0.05) is 12.1 Å². The number of fused-ring (bicyclic) bond motifs is 2. The molecule has 1 unspecified atom stereocenters. The van der Waals surface area contributed by atoms with Crippen LogP contribution in [0.5, 0.6) is 5.75 Å². The van der Waals surface area contributed by atoms with Crippen LogP contribution in [0.3, 0.4) is 0 Å². The molecule has 0 aliphatic carbocycles. The number of nitrogens with one attached hydrogen (secondary N) is 1. The van der Waals surface area contributed by atoms with Gasteiger partial charge < -0.3 is 20.1 Å². The van der Waals surface area contributed by atoms with E-state index >= 15 is 0 Å². The van der Waals surface area contributed by atoms with Crippen LogP contribution in [-0.2, 0) is 11.3 Å². The largest absolute Gasteiger partial charge is 0.480 e. The van der Waals surface area contributed by atoms with E-state index in [0.29, 0.717) is 29.0 Å². The number of hydrogen-bond donors (Lipinski definition) is 2. The molecule has 2 N–H and O–H groups in total. The maximum atomic E-state index is 12.6. The third-order valence-electron chi connectivity index (χ3n) is 6.03. The maximum absolute atomic E-state index is 12.6. The fraction of sp³-hybridized carbons (Fsp3) is 0.222. The van der Waals surface area contributed by atoms with Gasteiger partial charge in [-0.25, -0.2) is 9.97 Å². The zero-order valence-corrected chi connectivity index (χ0v) is 20.6. The Hall–Kier alpha value is -4.57. The fourth-order valence-corrected chi connectivity index (χ4v) is 4.16. The van der Waals surface area contributed by atoms with Crippen LogP contribution in [-0.4, -0.2) is 66.9 Å². The SMILES string of the molecule is CC(Oc1cccc2ncnc(Nc3ccc4c(cnn4Cc4ccccn4)c3)c12)C(=O)N(C)CCO. The van der Waals surface area contributed by atoms with E-state index in [4.69, 9.17) is 9.84 Å². The number of hydrogen-bond acceptors (Lipinski definition) is 8. The molecule has 0 aliphatic rings. The molecule has 5 aromatic rings. The first-order chi connectivity index (χ1) is 18.0. The Morgan fingerprint density at radius 3 is 2.84 bits per heavy atom. The Morgan fingerprint density at radius 2 is 2.03 bits per heavy atom. The minimum atomic E-state index is -0.753. The number of ether oxygens (including phenoxy) is 1. The Morgan fingerprint density at radius 1 is 1.14 bits per heavy atom. The molecule has 5 rings (SSSR count). The van der Waals surface area contributed by atoms with Gasteiger partial charge in [0.25, 0.3) is 5.91 Å². The molecule has 0 bridgehead atoms. The van der Waals surface area contributed by atoms with Crippen LogP contribution in [0, 0.1) is 0 Å². The highest BCUT2D eigenvalue weighted by Crippen LogP contribution is 2.33. The highest BCUT2D eigenvalue weighted by atomic mass is 16.5. The van der Waals surface area contributed by atoms with Crippen LogP contribution in [0.1, 0.15) is 12.6 Å². The van der Waals surface area contributed by atoms with Crippen molar-refractivity contribution < 1.29 is 14.6 Å². The van der Waals surface area contributed by atoms with Gasteiger partial charge in [-0.3, -0.25) is 14.5 Å². The predicted molar refractivity (Wildman–Crippen MR) is 141 cm³/mol. The zero-order valence-electron chi connectivity index (χ0n) is 20.6. The van der Waals surface area contributed by atoms with Crippen LogP contribution in [0.2, 0.25) is 0 Å². The summed E-state index contributed by atoms with van der Waals surface area (Å²) in [6.45, 7) is 2.39. The monoisotopic (exact) mass is 497 g/mol. The second-order valence-electron chi connectivity index (χ2n) is 8.64. The average molecular weight is 498 g/mol. The lowest BCUT2D eigenvalue weighted by molar-refractivity contribution is -0.136. The van der Waals surface area contributed by atoms with E-state index in [1.54, 1.807) is 26.2 Å². The quantitative estimate of drug-likeness (QED) is 0.318. The summed E-state index contributed by atoms with van der Waals surface area (Å²) in [4.78, 5) is 27.3. The van der Waals surface area contributed by atoms with E-state index in [1.807, 2.05) is 59.4 Å². The molecular formula is C27H27N7O3. The van der Waals surface area contributed by atoms with Gasteiger partial charge in [0.2, 0.25) is 0 Å². The van der Waals surface area contributed by atoms with Crippen LogP contribution in [0.25, 0.3) is 21.8 Å². The number of pyridine rings is 1. The molecule has 0 spiro atoms. The smallest absolute Gasteiger partial charge is 0.263 e. The molecule has 188 valence electrons. The van der Waals surface area contributed by atoms with Gasteiger partial charge in [-0.05, 0) is 49.4 Å². The number of nitrogens with zero attached hydrogens (tertiary/aromatic N) is 6. The molecule has 0 fully saturated rings. The van der Waals surface area contributed by atoms with Crippen molar-refractivity contribution in [2.24, 2.45) is 0 Å². The highest BCUT2D eigenvalue weighted by Gasteiger charge is 2.21. The lowest BCUT2D eigenvalue weighted by Crippen LogP contribution is -2.39. The highest BCUT2D eigenvalue weighted by molar-refractivity contribution is 5.96. The zero-order chi connectivity index (χ0) is 25.8. The molecule has 2 aromatic carbocycles. The van der Waals surface area contributed by atoms with Gasteiger partial charge >= 0.3 is 0 Å². The number of rotatable bonds is 9. The number of likely N-dealkylation sites (N-methyl/N-ethyl adjacent to an activating group) is 1. The molecule has 3 heterocycles. The molecule has 0 aliphatic heterocycles. The van der Waals surface area contributed by atoms with Crippen molar-refractivity contribution in [3.8, 4) is 5.75 Å². The van der Waals surface area contributed by atoms with E-state index < -0.39 is 6.10 Å². The molecule has 0 saturated carbocycles. The third kappa shape index (κ3) is 5.19. The first kappa shape index (κ1) is 24.1. The van der Waals surface area contributed by atoms with Crippen molar-refractivity contribution in [2.75, 3.05) is 25.5 Å². The minimum absolute atomic E-state index is 0.114. The van der Waals surface area contributed by atoms with Crippen molar-refractivity contribution in [1.29, 1.82) is 0 Å². The molecule has 3 aromatic heterocycles. The van der Waals surface area contributed by atoms with Crippen molar-refractivity contribution in [2.45, 2.75) is 19.6 Å². The summed E-state index contributed by atoms with van der Waals surface area (Å²) < 4.78 is 7.97. The number of anilines is 2. The van der Waals surface area contributed by atoms with Crippen LogP contribution in [0.4, 0.5) is 11.5 Å². The number of aromatic nitrogens is 5. The molecule has 10 heteroatoms. The van der Waals surface area contributed by atoms with Gasteiger partial charge in [-0.2, -0.15) is 5.10 Å². The summed E-state index contributed by atoms with van der Waals surface area (Å²) in [7, 11) is 1.63. The molecular weight excluding hydrogens is 470 g/mol. The van der Waals surface area contributed by atoms with E-state index in [9.17, 15) is 4.79 Å². The lowest BCUT2D eigenvalue weighted by Gasteiger charge is -2.22. The van der Waals surface area contributed by atoms with Crippen LogP contribution >= 0.6 is 0 Å². The van der Waals surface area contributed by atoms with Gasteiger partial charge in [0, 0.05) is 30.9 Å². The van der Waals surface area contributed by atoms with Crippen LogP contribution in [0.15, 0.2) is 73.3 Å². The molecule has 0 saturated heterocycles. The lowest BCUT2D eigenvalue weighted by atomic mass is 10.2. The van der Waals surface area contributed by atoms with Crippen molar-refractivity contribution in [3.63, 3.8) is 0 Å². The summed E-state index contributed by atoms with van der Waals surface area (Å²) in [5.41, 5.74) is 3.44. The van der Waals surface area contributed by atoms with Gasteiger partial charge in [0.15, 0.2) is 6.10 Å². The molecule has 10 nitrogen and oxygen atoms in total. The van der Waals surface area contributed by atoms with E-state index in [0.717, 1.165) is 22.3 Å². The Kier molecular flexibility index (Phi) is 6.91. The Balaban J connectivity index is 1.42. The van der Waals surface area contributed by atoms with Crippen LogP contribution < -0.4 is 10.1 Å². The molecule has 37 heavy (non-hydrogen) atoms. The number of amides is 1. The Labute approximate surface area is 213 Å². The molecule has 1 amide bonds. The average Bonchev–Trinajstić information content (AvgIpc) is 3.31. The maximum Gasteiger partial charge on any atom is 0.263 e.